The van der Waals surface area contributed by atoms with Crippen LogP contribution in [0.2, 0.25) is 0 Å². The number of amides is 1. The molecule has 1 amide bonds. The van der Waals surface area contributed by atoms with Crippen LogP contribution in [-0.2, 0) is 4.79 Å². The summed E-state index contributed by atoms with van der Waals surface area (Å²) in [5.41, 5.74) is 7.39. The number of hydrazine groups is 1. The fourth-order valence-corrected chi connectivity index (χ4v) is 3.48. The Morgan fingerprint density at radius 3 is 3.00 bits per heavy atom. The molecular weight excluding hydrogens is 240 g/mol. The summed E-state index contributed by atoms with van der Waals surface area (Å²) >= 11 is 0. The molecule has 0 bridgehead atoms. The predicted molar refractivity (Wildman–Crippen MR) is 74.1 cm³/mol. The molecule has 2 heterocycles. The quantitative estimate of drug-likeness (QED) is 0.630. The van der Waals surface area contributed by atoms with Gasteiger partial charge in [-0.1, -0.05) is 6.58 Å². The Morgan fingerprint density at radius 2 is 2.21 bits per heavy atom. The maximum atomic E-state index is 12.3. The van der Waals surface area contributed by atoms with Crippen molar-refractivity contribution in [3.63, 3.8) is 0 Å². The SMILES string of the molecule is C=C1C(NNC)CC[C@@H]2CC2NC(=O)C2CCCN12. The highest BCUT2D eigenvalue weighted by atomic mass is 16.2. The van der Waals surface area contributed by atoms with E-state index < -0.39 is 0 Å². The third-order valence-electron chi connectivity index (χ3n) is 4.72. The van der Waals surface area contributed by atoms with Crippen LogP contribution >= 0.6 is 0 Å². The van der Waals surface area contributed by atoms with E-state index in [0.717, 1.165) is 44.3 Å². The molecule has 5 nitrogen and oxygen atoms in total. The van der Waals surface area contributed by atoms with Gasteiger partial charge < -0.3 is 10.2 Å². The lowest BCUT2D eigenvalue weighted by atomic mass is 10.0. The normalized spacial score (nSPS) is 38.5. The third kappa shape index (κ3) is 2.49. The molecule has 19 heavy (non-hydrogen) atoms. The number of carbonyl (C=O) groups excluding carboxylic acids is 1. The minimum atomic E-state index is -0.00648. The van der Waals surface area contributed by atoms with Gasteiger partial charge in [0.15, 0.2) is 0 Å². The number of fused-ring (bicyclic) bond motifs is 2. The van der Waals surface area contributed by atoms with Crippen LogP contribution in [0.3, 0.4) is 0 Å². The molecule has 0 spiro atoms. The van der Waals surface area contributed by atoms with Gasteiger partial charge in [0.25, 0.3) is 0 Å². The van der Waals surface area contributed by atoms with E-state index in [9.17, 15) is 4.79 Å². The fourth-order valence-electron chi connectivity index (χ4n) is 3.48. The Bertz CT molecular complexity index is 384. The van der Waals surface area contributed by atoms with Gasteiger partial charge in [0.1, 0.15) is 6.04 Å². The molecule has 2 aliphatic heterocycles. The molecule has 0 aromatic carbocycles. The maximum absolute atomic E-state index is 12.3. The van der Waals surface area contributed by atoms with Gasteiger partial charge in [-0.25, -0.2) is 5.43 Å². The van der Waals surface area contributed by atoms with Crippen LogP contribution in [0.15, 0.2) is 12.3 Å². The van der Waals surface area contributed by atoms with Crippen molar-refractivity contribution in [1.29, 1.82) is 0 Å². The van der Waals surface area contributed by atoms with E-state index in [1.165, 1.54) is 0 Å². The molecule has 1 aliphatic carbocycles. The van der Waals surface area contributed by atoms with Gasteiger partial charge in [0.2, 0.25) is 5.91 Å². The first-order valence-electron chi connectivity index (χ1n) is 7.38. The van der Waals surface area contributed by atoms with Crippen molar-refractivity contribution >= 4 is 5.91 Å². The van der Waals surface area contributed by atoms with E-state index in [2.05, 4.69) is 27.6 Å². The largest absolute Gasteiger partial charge is 0.362 e. The smallest absolute Gasteiger partial charge is 0.242 e. The van der Waals surface area contributed by atoms with Gasteiger partial charge in [0.05, 0.1) is 6.04 Å². The van der Waals surface area contributed by atoms with Gasteiger partial charge in [0, 0.05) is 18.3 Å². The highest BCUT2D eigenvalue weighted by Gasteiger charge is 2.43. The molecule has 0 aromatic heterocycles. The zero-order valence-corrected chi connectivity index (χ0v) is 11.6. The first-order chi connectivity index (χ1) is 9.20. The van der Waals surface area contributed by atoms with Crippen molar-refractivity contribution in [3.05, 3.63) is 12.3 Å². The first kappa shape index (κ1) is 12.9. The van der Waals surface area contributed by atoms with Crippen molar-refractivity contribution in [2.45, 2.75) is 50.2 Å². The van der Waals surface area contributed by atoms with Crippen molar-refractivity contribution in [1.82, 2.24) is 21.1 Å². The van der Waals surface area contributed by atoms with Crippen molar-refractivity contribution in [3.8, 4) is 0 Å². The monoisotopic (exact) mass is 264 g/mol. The second kappa shape index (κ2) is 5.13. The first-order valence-corrected chi connectivity index (χ1v) is 7.38. The summed E-state index contributed by atoms with van der Waals surface area (Å²) in [7, 11) is 1.89. The molecule has 3 fully saturated rings. The van der Waals surface area contributed by atoms with E-state index in [0.29, 0.717) is 12.0 Å². The molecule has 106 valence electrons. The minimum Gasteiger partial charge on any atom is -0.362 e. The predicted octanol–water partition coefficient (Wildman–Crippen LogP) is 0.356. The number of rotatable bonds is 2. The lowest BCUT2D eigenvalue weighted by Gasteiger charge is -2.33. The fraction of sp³-hybridized carbons (Fsp3) is 0.786. The summed E-state index contributed by atoms with van der Waals surface area (Å²) in [4.78, 5) is 14.5. The van der Waals surface area contributed by atoms with Gasteiger partial charge >= 0.3 is 0 Å². The summed E-state index contributed by atoms with van der Waals surface area (Å²) in [5, 5.41) is 3.20. The molecule has 0 radical (unpaired) electrons. The molecule has 5 heteroatoms. The summed E-state index contributed by atoms with van der Waals surface area (Å²) in [5.74, 6) is 0.877. The number of nitrogens with zero attached hydrogens (tertiary/aromatic N) is 1. The zero-order chi connectivity index (χ0) is 13.4. The lowest BCUT2D eigenvalue weighted by Crippen LogP contribution is -2.50. The molecule has 1 saturated carbocycles. The van der Waals surface area contributed by atoms with Crippen molar-refractivity contribution < 1.29 is 4.79 Å². The van der Waals surface area contributed by atoms with Crippen LogP contribution in [0.1, 0.15) is 32.1 Å². The molecule has 3 N–H and O–H groups in total. The molecule has 3 rings (SSSR count). The number of hydrogen-bond donors (Lipinski definition) is 3. The standard InChI is InChI=1S/C14H24N4O/c1-9-11(17-15-2)6-5-10-8-12(10)16-14(19)13-4-3-7-18(9)13/h10-13,15,17H,1,3-8H2,2H3,(H,16,19)/t10-,11?,12?,13?/m1/s1. The average Bonchev–Trinajstić information content (AvgIpc) is 2.94. The van der Waals surface area contributed by atoms with Crippen LogP contribution in [0.5, 0.6) is 0 Å². The Kier molecular flexibility index (Phi) is 3.50. The van der Waals surface area contributed by atoms with E-state index in [1.807, 2.05) is 7.05 Å². The second-order valence-corrected chi connectivity index (χ2v) is 5.98. The Balaban J connectivity index is 1.79. The second-order valence-electron chi connectivity index (χ2n) is 5.98. The Hall–Kier alpha value is -1.07. The summed E-state index contributed by atoms with van der Waals surface area (Å²) in [6.45, 7) is 5.20. The van der Waals surface area contributed by atoms with Gasteiger partial charge in [-0.05, 0) is 45.1 Å². The molecule has 2 saturated heterocycles. The van der Waals surface area contributed by atoms with Crippen LogP contribution in [-0.4, -0.2) is 42.5 Å². The van der Waals surface area contributed by atoms with Crippen LogP contribution in [0.4, 0.5) is 0 Å². The van der Waals surface area contributed by atoms with E-state index in [1.54, 1.807) is 0 Å². The molecule has 3 unspecified atom stereocenters. The zero-order valence-electron chi connectivity index (χ0n) is 11.6. The lowest BCUT2D eigenvalue weighted by molar-refractivity contribution is -0.125. The minimum absolute atomic E-state index is 0.00648. The van der Waals surface area contributed by atoms with Crippen molar-refractivity contribution in [2.24, 2.45) is 5.92 Å². The van der Waals surface area contributed by atoms with E-state index in [-0.39, 0.29) is 18.0 Å². The highest BCUT2D eigenvalue weighted by molar-refractivity contribution is 5.83. The van der Waals surface area contributed by atoms with E-state index in [4.69, 9.17) is 0 Å². The number of nitrogens with one attached hydrogen (secondary N) is 3. The summed E-state index contributed by atoms with van der Waals surface area (Å²) in [6, 6.07) is 0.655. The number of hydrogen-bond acceptors (Lipinski definition) is 4. The van der Waals surface area contributed by atoms with E-state index >= 15 is 0 Å². The molecule has 3 aliphatic rings. The maximum Gasteiger partial charge on any atom is 0.242 e. The Morgan fingerprint density at radius 1 is 1.37 bits per heavy atom. The summed E-state index contributed by atoms with van der Waals surface area (Å²) < 4.78 is 0. The van der Waals surface area contributed by atoms with Gasteiger partial charge in [-0.2, -0.15) is 0 Å². The van der Waals surface area contributed by atoms with Crippen LogP contribution in [0.25, 0.3) is 0 Å². The highest BCUT2D eigenvalue weighted by Crippen LogP contribution is 2.37. The molecule has 4 atom stereocenters. The Labute approximate surface area is 114 Å². The summed E-state index contributed by atoms with van der Waals surface area (Å²) in [6.07, 6.45) is 5.42. The van der Waals surface area contributed by atoms with Crippen LogP contribution < -0.4 is 16.2 Å². The number of carbonyl (C=O) groups is 1. The average molecular weight is 264 g/mol. The van der Waals surface area contributed by atoms with Gasteiger partial charge in [-0.15, -0.1) is 0 Å². The van der Waals surface area contributed by atoms with Gasteiger partial charge in [-0.3, -0.25) is 10.2 Å². The molecule has 0 aromatic rings. The van der Waals surface area contributed by atoms with Crippen molar-refractivity contribution in [2.75, 3.05) is 13.6 Å². The molecular formula is C14H24N4O. The van der Waals surface area contributed by atoms with Crippen LogP contribution in [0, 0.1) is 5.92 Å². The third-order valence-corrected chi connectivity index (χ3v) is 4.72. The topological polar surface area (TPSA) is 56.4 Å².